The molecule has 0 aliphatic carbocycles. The molecule has 1 saturated heterocycles. The van der Waals surface area contributed by atoms with Crippen LogP contribution in [0.4, 0.5) is 10.3 Å². The number of piperidine rings is 1. The van der Waals surface area contributed by atoms with Gasteiger partial charge in [-0.1, -0.05) is 0 Å². The monoisotopic (exact) mass is 466 g/mol. The number of hydrogen-bond donors (Lipinski definition) is 2. The van der Waals surface area contributed by atoms with Gasteiger partial charge in [0.1, 0.15) is 11.5 Å². The summed E-state index contributed by atoms with van der Waals surface area (Å²) in [5, 5.41) is 12.1. The topological polar surface area (TPSA) is 94.8 Å². The van der Waals surface area contributed by atoms with E-state index in [0.717, 1.165) is 37.3 Å². The lowest BCUT2D eigenvalue weighted by molar-refractivity contribution is 0.387. The third-order valence-corrected chi connectivity index (χ3v) is 6.15. The molecule has 1 aliphatic rings. The van der Waals surface area contributed by atoms with Gasteiger partial charge in [0.05, 0.1) is 26.8 Å². The Balaban J connectivity index is 1.59. The second-order valence-corrected chi connectivity index (χ2v) is 8.22. The van der Waals surface area contributed by atoms with Crippen LogP contribution in [0.15, 0.2) is 30.3 Å². The lowest BCUT2D eigenvalue weighted by Gasteiger charge is -2.19. The predicted octanol–water partition coefficient (Wildman–Crippen LogP) is 3.52. The molecule has 1 unspecified atom stereocenters. The maximum Gasteiger partial charge on any atom is 0.226 e. The lowest BCUT2D eigenvalue weighted by atomic mass is 9.99. The summed E-state index contributed by atoms with van der Waals surface area (Å²) < 4.78 is 32.2. The molecule has 2 aromatic heterocycles. The first-order chi connectivity index (χ1) is 16.6. The number of halogens is 1. The number of hydrogen-bond acceptors (Lipinski definition) is 8. The van der Waals surface area contributed by atoms with Gasteiger partial charge >= 0.3 is 0 Å². The average Bonchev–Trinajstić information content (AvgIpc) is 3.33. The van der Waals surface area contributed by atoms with Crippen LogP contribution in [0.1, 0.15) is 30.1 Å². The van der Waals surface area contributed by atoms with Crippen molar-refractivity contribution in [2.24, 2.45) is 0 Å². The van der Waals surface area contributed by atoms with E-state index in [-0.39, 0.29) is 11.7 Å². The Morgan fingerprint density at radius 1 is 1.09 bits per heavy atom. The lowest BCUT2D eigenvalue weighted by Crippen LogP contribution is -2.29. The van der Waals surface area contributed by atoms with Crippen LogP contribution in [-0.4, -0.2) is 54.0 Å². The van der Waals surface area contributed by atoms with Crippen LogP contribution < -0.4 is 24.8 Å². The number of methoxy groups -OCH3 is 3. The summed E-state index contributed by atoms with van der Waals surface area (Å²) in [6.07, 6.45) is 2.07. The quantitative estimate of drug-likeness (QED) is 0.427. The fourth-order valence-electron chi connectivity index (χ4n) is 4.31. The van der Waals surface area contributed by atoms with Crippen LogP contribution in [0.5, 0.6) is 17.2 Å². The van der Waals surface area contributed by atoms with Crippen LogP contribution in [0, 0.1) is 5.82 Å². The van der Waals surface area contributed by atoms with Crippen molar-refractivity contribution >= 4 is 22.5 Å². The van der Waals surface area contributed by atoms with E-state index in [1.54, 1.807) is 24.8 Å². The normalized spacial score (nSPS) is 16.1. The number of nitrogens with zero attached hydrogens (tertiary/aromatic N) is 4. The van der Waals surface area contributed by atoms with Crippen LogP contribution in [0.2, 0.25) is 0 Å². The van der Waals surface area contributed by atoms with Crippen molar-refractivity contribution < 1.29 is 18.6 Å². The van der Waals surface area contributed by atoms with Crippen LogP contribution >= 0.6 is 0 Å². The Hall–Kier alpha value is -3.66. The van der Waals surface area contributed by atoms with Gasteiger partial charge in [0, 0.05) is 42.1 Å². The molecular weight excluding hydrogens is 439 g/mol. The second kappa shape index (κ2) is 9.30. The van der Waals surface area contributed by atoms with Gasteiger partial charge in [0.15, 0.2) is 23.0 Å². The molecule has 2 N–H and O–H groups in total. The first-order valence-corrected chi connectivity index (χ1v) is 11.2. The Kier molecular flexibility index (Phi) is 6.06. The molecular formula is C24H27FN6O3. The highest BCUT2D eigenvalue weighted by atomic mass is 19.1. The molecule has 0 bridgehead atoms. The van der Waals surface area contributed by atoms with Gasteiger partial charge in [-0.25, -0.2) is 14.4 Å². The molecule has 9 nitrogen and oxygen atoms in total. The number of aromatic nitrogens is 4. The molecule has 0 amide bonds. The molecule has 34 heavy (non-hydrogen) atoms. The van der Waals surface area contributed by atoms with E-state index in [4.69, 9.17) is 29.3 Å². The Morgan fingerprint density at radius 2 is 1.94 bits per heavy atom. The Bertz CT molecular complexity index is 1340. The summed E-state index contributed by atoms with van der Waals surface area (Å²) in [5.41, 5.74) is 2.04. The third kappa shape index (κ3) is 4.05. The standard InChI is InChI=1S/C24H27FN6O3/c1-32-16-7-6-14(20(9-16)33-2)13-27-24-28-19-11-21(34-3)18(25)10-17(19)23-29-22(30-31(23)24)15-5-4-8-26-12-15/h6-7,9-11,15,26H,4-5,8,12-13H2,1-3H3,(H,27,28). The van der Waals surface area contributed by atoms with Crippen molar-refractivity contribution in [1.82, 2.24) is 24.9 Å². The van der Waals surface area contributed by atoms with E-state index in [1.807, 2.05) is 18.2 Å². The number of benzene rings is 2. The summed E-state index contributed by atoms with van der Waals surface area (Å²) in [4.78, 5) is 9.55. The largest absolute Gasteiger partial charge is 0.497 e. The molecule has 3 heterocycles. The van der Waals surface area contributed by atoms with Gasteiger partial charge in [-0.3, -0.25) is 0 Å². The molecule has 2 aromatic carbocycles. The zero-order chi connectivity index (χ0) is 23.7. The van der Waals surface area contributed by atoms with Gasteiger partial charge < -0.3 is 24.8 Å². The predicted molar refractivity (Wildman–Crippen MR) is 127 cm³/mol. The van der Waals surface area contributed by atoms with E-state index < -0.39 is 5.82 Å². The van der Waals surface area contributed by atoms with Crippen molar-refractivity contribution in [2.45, 2.75) is 25.3 Å². The minimum absolute atomic E-state index is 0.128. The SMILES string of the molecule is COc1ccc(CNc2nc3cc(OC)c(F)cc3c3nc(C4CCCNC4)nn23)c(OC)c1. The first-order valence-electron chi connectivity index (χ1n) is 11.2. The number of anilines is 1. The Morgan fingerprint density at radius 3 is 2.68 bits per heavy atom. The summed E-state index contributed by atoms with van der Waals surface area (Å²) >= 11 is 0. The van der Waals surface area contributed by atoms with Crippen molar-refractivity contribution in [1.29, 1.82) is 0 Å². The molecule has 10 heteroatoms. The molecule has 5 rings (SSSR count). The highest BCUT2D eigenvalue weighted by molar-refractivity contribution is 5.93. The van der Waals surface area contributed by atoms with Gasteiger partial charge in [-0.2, -0.15) is 4.52 Å². The van der Waals surface area contributed by atoms with Gasteiger partial charge in [-0.05, 0) is 37.6 Å². The molecule has 1 aliphatic heterocycles. The number of rotatable bonds is 7. The van der Waals surface area contributed by atoms with Crippen molar-refractivity contribution in [2.75, 3.05) is 39.7 Å². The molecule has 1 fully saturated rings. The average molecular weight is 467 g/mol. The van der Waals surface area contributed by atoms with E-state index in [2.05, 4.69) is 10.6 Å². The third-order valence-electron chi connectivity index (χ3n) is 6.15. The highest BCUT2D eigenvalue weighted by Gasteiger charge is 2.23. The first kappa shape index (κ1) is 22.1. The Labute approximate surface area is 196 Å². The van der Waals surface area contributed by atoms with Crippen molar-refractivity contribution in [3.63, 3.8) is 0 Å². The fraction of sp³-hybridized carbons (Fsp3) is 0.375. The summed E-state index contributed by atoms with van der Waals surface area (Å²) in [5.74, 6) is 2.48. The minimum atomic E-state index is -0.466. The smallest absolute Gasteiger partial charge is 0.226 e. The number of nitrogens with one attached hydrogen (secondary N) is 2. The fourth-order valence-corrected chi connectivity index (χ4v) is 4.31. The molecule has 0 saturated carbocycles. The maximum atomic E-state index is 14.6. The zero-order valence-corrected chi connectivity index (χ0v) is 19.4. The van der Waals surface area contributed by atoms with E-state index >= 15 is 0 Å². The summed E-state index contributed by atoms with van der Waals surface area (Å²) in [7, 11) is 4.67. The summed E-state index contributed by atoms with van der Waals surface area (Å²) in [6.45, 7) is 2.24. The van der Waals surface area contributed by atoms with Gasteiger partial charge in [-0.15, -0.1) is 5.10 Å². The maximum absolute atomic E-state index is 14.6. The van der Waals surface area contributed by atoms with E-state index in [1.165, 1.54) is 13.2 Å². The van der Waals surface area contributed by atoms with Crippen LogP contribution in [0.3, 0.4) is 0 Å². The van der Waals surface area contributed by atoms with Crippen LogP contribution in [0.25, 0.3) is 16.6 Å². The summed E-state index contributed by atoms with van der Waals surface area (Å²) in [6, 6.07) is 8.63. The van der Waals surface area contributed by atoms with E-state index in [0.29, 0.717) is 40.5 Å². The van der Waals surface area contributed by atoms with Gasteiger partial charge in [0.2, 0.25) is 5.95 Å². The minimum Gasteiger partial charge on any atom is -0.497 e. The van der Waals surface area contributed by atoms with Gasteiger partial charge in [0.25, 0.3) is 0 Å². The molecule has 4 aromatic rings. The number of fused-ring (bicyclic) bond motifs is 3. The van der Waals surface area contributed by atoms with Crippen molar-refractivity contribution in [3.8, 4) is 17.2 Å². The zero-order valence-electron chi connectivity index (χ0n) is 19.4. The molecule has 0 spiro atoms. The van der Waals surface area contributed by atoms with Crippen molar-refractivity contribution in [3.05, 3.63) is 47.5 Å². The number of ether oxygens (including phenoxy) is 3. The highest BCUT2D eigenvalue weighted by Crippen LogP contribution is 2.30. The van der Waals surface area contributed by atoms with E-state index in [9.17, 15) is 4.39 Å². The molecule has 178 valence electrons. The molecule has 1 atom stereocenters. The second-order valence-electron chi connectivity index (χ2n) is 8.22. The molecule has 0 radical (unpaired) electrons. The van der Waals surface area contributed by atoms with Crippen LogP contribution in [-0.2, 0) is 6.54 Å².